The highest BCUT2D eigenvalue weighted by Crippen LogP contribution is 2.35. The fourth-order valence-electron chi connectivity index (χ4n) is 1.61. The van der Waals surface area contributed by atoms with Gasteiger partial charge in [-0.25, -0.2) is 0 Å². The van der Waals surface area contributed by atoms with Gasteiger partial charge in [0.25, 0.3) is 0 Å². The number of nitrogens with zero attached hydrogens (tertiary/aromatic N) is 1. The van der Waals surface area contributed by atoms with Crippen LogP contribution in [-0.4, -0.2) is 10.9 Å². The summed E-state index contributed by atoms with van der Waals surface area (Å²) in [6, 6.07) is 5.33. The maximum absolute atomic E-state index is 11.1. The average molecular weight is 269 g/mol. The van der Waals surface area contributed by atoms with E-state index < -0.39 is 0 Å². The first-order valence-corrected chi connectivity index (χ1v) is 5.77. The molecule has 0 aliphatic heterocycles. The van der Waals surface area contributed by atoms with Gasteiger partial charge in [0.05, 0.1) is 21.2 Å². The van der Waals surface area contributed by atoms with Crippen LogP contribution in [0, 0.1) is 6.92 Å². The van der Waals surface area contributed by atoms with Crippen molar-refractivity contribution in [3.8, 4) is 0 Å². The lowest BCUT2D eigenvalue weighted by Gasteiger charge is -2.10. The molecule has 3 nitrogen and oxygen atoms in total. The predicted octanol–water partition coefficient (Wildman–Crippen LogP) is 3.81. The topological polar surface area (TPSA) is 42.0 Å². The molecule has 17 heavy (non-hydrogen) atoms. The van der Waals surface area contributed by atoms with Gasteiger partial charge in [-0.15, -0.1) is 0 Å². The molecule has 0 fully saturated rings. The molecule has 0 saturated carbocycles. The first-order valence-electron chi connectivity index (χ1n) is 5.02. The maximum Gasteiger partial charge on any atom is 0.221 e. The van der Waals surface area contributed by atoms with Crippen LogP contribution in [0.25, 0.3) is 10.9 Å². The van der Waals surface area contributed by atoms with Gasteiger partial charge in [0.2, 0.25) is 5.91 Å². The number of carbonyl (C=O) groups excluding carboxylic acids is 1. The zero-order valence-electron chi connectivity index (χ0n) is 9.34. The van der Waals surface area contributed by atoms with Crippen LogP contribution in [0.2, 0.25) is 10.0 Å². The van der Waals surface area contributed by atoms with Gasteiger partial charge in [-0.1, -0.05) is 23.2 Å². The first-order chi connectivity index (χ1) is 7.99. The van der Waals surface area contributed by atoms with Crippen molar-refractivity contribution in [2.24, 2.45) is 0 Å². The minimum Gasteiger partial charge on any atom is -0.323 e. The molecular weight excluding hydrogens is 259 g/mol. The highest BCUT2D eigenvalue weighted by molar-refractivity contribution is 6.41. The smallest absolute Gasteiger partial charge is 0.221 e. The number of rotatable bonds is 1. The fourth-order valence-corrected chi connectivity index (χ4v) is 2.17. The van der Waals surface area contributed by atoms with Gasteiger partial charge < -0.3 is 5.32 Å². The van der Waals surface area contributed by atoms with Crippen LogP contribution >= 0.6 is 23.2 Å². The maximum atomic E-state index is 11.1. The molecule has 5 heteroatoms. The number of aryl methyl sites for hydroxylation is 1. The molecule has 0 spiro atoms. The quantitative estimate of drug-likeness (QED) is 0.855. The molecule has 88 valence electrons. The SMILES string of the molecule is CC(=O)Nc1c(Cl)cc(Cl)c2ccc(C)nc12. The highest BCUT2D eigenvalue weighted by Gasteiger charge is 2.12. The van der Waals surface area contributed by atoms with E-state index in [1.54, 1.807) is 6.07 Å². The van der Waals surface area contributed by atoms with Gasteiger partial charge in [-0.05, 0) is 25.1 Å². The van der Waals surface area contributed by atoms with Crippen molar-refractivity contribution < 1.29 is 4.79 Å². The number of aromatic nitrogens is 1. The monoisotopic (exact) mass is 268 g/mol. The van der Waals surface area contributed by atoms with E-state index in [9.17, 15) is 4.79 Å². The van der Waals surface area contributed by atoms with E-state index in [0.29, 0.717) is 21.2 Å². The van der Waals surface area contributed by atoms with E-state index in [0.717, 1.165) is 11.1 Å². The second kappa shape index (κ2) is 4.51. The molecule has 0 unspecified atom stereocenters. The Morgan fingerprint density at radius 2 is 2.00 bits per heavy atom. The van der Waals surface area contributed by atoms with Gasteiger partial charge in [-0.3, -0.25) is 9.78 Å². The lowest BCUT2D eigenvalue weighted by molar-refractivity contribution is -0.114. The van der Waals surface area contributed by atoms with Crippen molar-refractivity contribution in [3.05, 3.63) is 33.9 Å². The van der Waals surface area contributed by atoms with Crippen LogP contribution in [0.1, 0.15) is 12.6 Å². The van der Waals surface area contributed by atoms with Gasteiger partial charge >= 0.3 is 0 Å². The van der Waals surface area contributed by atoms with Crippen molar-refractivity contribution in [2.75, 3.05) is 5.32 Å². The molecule has 0 bridgehead atoms. The molecule has 1 N–H and O–H groups in total. The number of hydrogen-bond acceptors (Lipinski definition) is 2. The Kier molecular flexibility index (Phi) is 3.22. The lowest BCUT2D eigenvalue weighted by Crippen LogP contribution is -2.07. The van der Waals surface area contributed by atoms with Crippen molar-refractivity contribution in [2.45, 2.75) is 13.8 Å². The number of carbonyl (C=O) groups is 1. The summed E-state index contributed by atoms with van der Waals surface area (Å²) in [5, 5.41) is 4.35. The average Bonchev–Trinajstić information content (AvgIpc) is 2.23. The summed E-state index contributed by atoms with van der Waals surface area (Å²) in [6.45, 7) is 3.29. The zero-order chi connectivity index (χ0) is 12.6. The summed E-state index contributed by atoms with van der Waals surface area (Å²) in [4.78, 5) is 15.5. The molecule has 1 heterocycles. The molecular formula is C12H10Cl2N2O. The number of pyridine rings is 1. The van der Waals surface area contributed by atoms with Crippen LogP contribution in [-0.2, 0) is 4.79 Å². The Bertz CT molecular complexity index is 611. The van der Waals surface area contributed by atoms with E-state index >= 15 is 0 Å². The second-order valence-corrected chi connectivity index (χ2v) is 4.56. The van der Waals surface area contributed by atoms with Crippen molar-refractivity contribution >= 4 is 45.7 Å². The van der Waals surface area contributed by atoms with Crippen molar-refractivity contribution in [1.82, 2.24) is 4.98 Å². The van der Waals surface area contributed by atoms with E-state index in [1.165, 1.54) is 6.92 Å². The zero-order valence-corrected chi connectivity index (χ0v) is 10.9. The van der Waals surface area contributed by atoms with Gasteiger partial charge in [-0.2, -0.15) is 0 Å². The van der Waals surface area contributed by atoms with Crippen molar-refractivity contribution in [3.63, 3.8) is 0 Å². The Balaban J connectivity index is 2.80. The third kappa shape index (κ3) is 2.35. The highest BCUT2D eigenvalue weighted by atomic mass is 35.5. The largest absolute Gasteiger partial charge is 0.323 e. The van der Waals surface area contributed by atoms with Crippen molar-refractivity contribution in [1.29, 1.82) is 0 Å². The van der Waals surface area contributed by atoms with Crippen LogP contribution in [0.4, 0.5) is 5.69 Å². The van der Waals surface area contributed by atoms with Crippen LogP contribution in [0.15, 0.2) is 18.2 Å². The van der Waals surface area contributed by atoms with E-state index in [4.69, 9.17) is 23.2 Å². The third-order valence-corrected chi connectivity index (χ3v) is 2.93. The Morgan fingerprint density at radius 3 is 2.65 bits per heavy atom. The number of hydrogen-bond donors (Lipinski definition) is 1. The van der Waals surface area contributed by atoms with Crippen LogP contribution in [0.5, 0.6) is 0 Å². The Hall–Kier alpha value is -1.32. The first kappa shape index (κ1) is 12.1. The number of fused-ring (bicyclic) bond motifs is 1. The van der Waals surface area contributed by atoms with Gasteiger partial charge in [0.15, 0.2) is 0 Å². The molecule has 1 amide bonds. The number of nitrogens with one attached hydrogen (secondary N) is 1. The predicted molar refractivity (Wildman–Crippen MR) is 70.8 cm³/mol. The lowest BCUT2D eigenvalue weighted by atomic mass is 10.1. The number of amides is 1. The standard InChI is InChI=1S/C12H10Cl2N2O/c1-6-3-4-8-9(13)5-10(14)12(11(8)15-6)16-7(2)17/h3-5H,1-2H3,(H,16,17). The Labute approximate surface area is 109 Å². The molecule has 1 aromatic heterocycles. The molecule has 0 aliphatic carbocycles. The number of halogens is 2. The summed E-state index contributed by atoms with van der Waals surface area (Å²) in [5.74, 6) is -0.196. The van der Waals surface area contributed by atoms with E-state index in [1.807, 2.05) is 19.1 Å². The molecule has 2 aromatic rings. The minimum absolute atomic E-state index is 0.196. The molecule has 0 aliphatic rings. The summed E-state index contributed by atoms with van der Waals surface area (Å²) in [5.41, 5.74) is 1.95. The fraction of sp³-hybridized carbons (Fsp3) is 0.167. The number of benzene rings is 1. The Morgan fingerprint density at radius 1 is 1.29 bits per heavy atom. The van der Waals surface area contributed by atoms with Gasteiger partial charge in [0.1, 0.15) is 0 Å². The minimum atomic E-state index is -0.196. The van der Waals surface area contributed by atoms with E-state index in [-0.39, 0.29) is 5.91 Å². The van der Waals surface area contributed by atoms with Crippen LogP contribution < -0.4 is 5.32 Å². The molecule has 0 radical (unpaired) electrons. The summed E-state index contributed by atoms with van der Waals surface area (Å²) in [6.07, 6.45) is 0. The summed E-state index contributed by atoms with van der Waals surface area (Å²) >= 11 is 12.2. The normalized spacial score (nSPS) is 10.6. The second-order valence-electron chi connectivity index (χ2n) is 3.75. The molecule has 2 rings (SSSR count). The summed E-state index contributed by atoms with van der Waals surface area (Å²) in [7, 11) is 0. The van der Waals surface area contributed by atoms with E-state index in [2.05, 4.69) is 10.3 Å². The number of anilines is 1. The molecule has 0 saturated heterocycles. The van der Waals surface area contributed by atoms with Crippen LogP contribution in [0.3, 0.4) is 0 Å². The molecule has 1 aromatic carbocycles. The summed E-state index contributed by atoms with van der Waals surface area (Å²) < 4.78 is 0. The third-order valence-electron chi connectivity index (χ3n) is 2.32. The van der Waals surface area contributed by atoms with Gasteiger partial charge in [0, 0.05) is 18.0 Å². The molecule has 0 atom stereocenters.